The fraction of sp³-hybridized carbons (Fsp3) is 0.235. The summed E-state index contributed by atoms with van der Waals surface area (Å²) in [6.45, 7) is 4.59. The molecule has 0 saturated heterocycles. The van der Waals surface area contributed by atoms with E-state index in [2.05, 4.69) is 21.2 Å². The van der Waals surface area contributed by atoms with Crippen LogP contribution in [-0.4, -0.2) is 12.5 Å². The van der Waals surface area contributed by atoms with E-state index >= 15 is 0 Å². The topological polar surface area (TPSA) is 38.3 Å². The zero-order valence-corrected chi connectivity index (χ0v) is 13.7. The number of hydrogen-bond donors (Lipinski definition) is 1. The van der Waals surface area contributed by atoms with Crippen molar-refractivity contribution in [1.82, 2.24) is 0 Å². The van der Waals surface area contributed by atoms with Gasteiger partial charge in [0.2, 0.25) is 0 Å². The molecule has 0 unspecified atom stereocenters. The van der Waals surface area contributed by atoms with Crippen molar-refractivity contribution in [3.05, 3.63) is 58.1 Å². The number of rotatable bonds is 5. The molecule has 110 valence electrons. The summed E-state index contributed by atoms with van der Waals surface area (Å²) >= 11 is 3.44. The second kappa shape index (κ2) is 7.27. The highest BCUT2D eigenvalue weighted by molar-refractivity contribution is 9.10. The Hall–Kier alpha value is -1.81. The van der Waals surface area contributed by atoms with E-state index in [4.69, 9.17) is 4.74 Å². The van der Waals surface area contributed by atoms with Gasteiger partial charge in [-0.15, -0.1) is 0 Å². The van der Waals surface area contributed by atoms with Gasteiger partial charge in [0.1, 0.15) is 5.75 Å². The number of nitrogens with one attached hydrogen (secondary N) is 1. The number of para-hydroxylation sites is 2. The number of anilines is 1. The van der Waals surface area contributed by atoms with Gasteiger partial charge < -0.3 is 10.1 Å². The van der Waals surface area contributed by atoms with Gasteiger partial charge in [0.25, 0.3) is 5.91 Å². The maximum atomic E-state index is 12.4. The van der Waals surface area contributed by atoms with Gasteiger partial charge >= 0.3 is 0 Å². The van der Waals surface area contributed by atoms with Crippen LogP contribution in [0.4, 0.5) is 5.69 Å². The Kier molecular flexibility index (Phi) is 5.39. The highest BCUT2D eigenvalue weighted by Crippen LogP contribution is 2.26. The van der Waals surface area contributed by atoms with Crippen molar-refractivity contribution in [2.24, 2.45) is 0 Å². The third-order valence-corrected chi connectivity index (χ3v) is 3.97. The van der Waals surface area contributed by atoms with E-state index in [1.54, 1.807) is 0 Å². The quantitative estimate of drug-likeness (QED) is 0.843. The zero-order chi connectivity index (χ0) is 15.2. The van der Waals surface area contributed by atoms with Crippen LogP contribution in [0.25, 0.3) is 0 Å². The number of ether oxygens (including phenoxy) is 1. The molecule has 0 saturated carbocycles. The molecule has 0 aromatic heterocycles. The van der Waals surface area contributed by atoms with Crippen LogP contribution in [0.1, 0.15) is 29.3 Å². The van der Waals surface area contributed by atoms with Gasteiger partial charge in [-0.2, -0.15) is 0 Å². The first-order valence-electron chi connectivity index (χ1n) is 6.91. The van der Waals surface area contributed by atoms with E-state index in [1.807, 2.05) is 56.3 Å². The lowest BCUT2D eigenvalue weighted by molar-refractivity contribution is 0.102. The normalized spacial score (nSPS) is 10.2. The molecule has 1 amide bonds. The molecule has 0 aliphatic rings. The molecule has 0 aliphatic carbocycles. The largest absolute Gasteiger partial charge is 0.491 e. The van der Waals surface area contributed by atoms with Crippen molar-refractivity contribution in [3.63, 3.8) is 0 Å². The number of carbonyl (C=O) groups excluding carboxylic acids is 1. The van der Waals surface area contributed by atoms with E-state index in [-0.39, 0.29) is 5.91 Å². The summed E-state index contributed by atoms with van der Waals surface area (Å²) in [6, 6.07) is 13.1. The minimum atomic E-state index is -0.138. The molecule has 3 nitrogen and oxygen atoms in total. The average Bonchev–Trinajstić information content (AvgIpc) is 2.49. The molecule has 2 aromatic rings. The van der Waals surface area contributed by atoms with Crippen molar-refractivity contribution in [1.29, 1.82) is 0 Å². The third-order valence-electron chi connectivity index (χ3n) is 3.11. The van der Waals surface area contributed by atoms with Crippen LogP contribution >= 0.6 is 15.9 Å². The second-order valence-electron chi connectivity index (χ2n) is 4.71. The van der Waals surface area contributed by atoms with Crippen LogP contribution in [-0.2, 0) is 0 Å². The molecule has 2 rings (SSSR count). The van der Waals surface area contributed by atoms with Crippen LogP contribution in [0.5, 0.6) is 5.75 Å². The molecule has 21 heavy (non-hydrogen) atoms. The van der Waals surface area contributed by atoms with Gasteiger partial charge in [0.05, 0.1) is 12.3 Å². The Balaban J connectivity index is 2.22. The maximum absolute atomic E-state index is 12.4. The van der Waals surface area contributed by atoms with E-state index in [9.17, 15) is 4.79 Å². The molecule has 1 N–H and O–H groups in total. The molecular formula is C17H18BrNO2. The third kappa shape index (κ3) is 3.85. The lowest BCUT2D eigenvalue weighted by Crippen LogP contribution is -2.14. The summed E-state index contributed by atoms with van der Waals surface area (Å²) < 4.78 is 6.57. The predicted octanol–water partition coefficient (Wildman–Crippen LogP) is 4.80. The molecule has 0 radical (unpaired) electrons. The number of hydrogen-bond acceptors (Lipinski definition) is 2. The minimum Gasteiger partial charge on any atom is -0.491 e. The molecule has 0 atom stereocenters. The zero-order valence-electron chi connectivity index (χ0n) is 12.2. The van der Waals surface area contributed by atoms with Crippen molar-refractivity contribution >= 4 is 27.5 Å². The van der Waals surface area contributed by atoms with Crippen molar-refractivity contribution in [2.45, 2.75) is 20.3 Å². The van der Waals surface area contributed by atoms with Crippen LogP contribution in [0.2, 0.25) is 0 Å². The van der Waals surface area contributed by atoms with Crippen molar-refractivity contribution in [2.75, 3.05) is 11.9 Å². The van der Waals surface area contributed by atoms with Crippen molar-refractivity contribution < 1.29 is 9.53 Å². The first-order valence-corrected chi connectivity index (χ1v) is 7.71. The second-order valence-corrected chi connectivity index (χ2v) is 5.57. The van der Waals surface area contributed by atoms with Gasteiger partial charge in [-0.05, 0) is 43.2 Å². The lowest BCUT2D eigenvalue weighted by Gasteiger charge is -2.13. The van der Waals surface area contributed by atoms with Crippen LogP contribution in [0, 0.1) is 6.92 Å². The molecule has 0 aliphatic heterocycles. The van der Waals surface area contributed by atoms with Gasteiger partial charge in [-0.25, -0.2) is 0 Å². The summed E-state index contributed by atoms with van der Waals surface area (Å²) in [5, 5.41) is 2.92. The Bertz CT molecular complexity index is 640. The molecular weight excluding hydrogens is 330 g/mol. The summed E-state index contributed by atoms with van der Waals surface area (Å²) in [4.78, 5) is 12.4. The van der Waals surface area contributed by atoms with Gasteiger partial charge in [0.15, 0.2) is 0 Å². The lowest BCUT2D eigenvalue weighted by atomic mass is 10.1. The van der Waals surface area contributed by atoms with E-state index < -0.39 is 0 Å². The maximum Gasteiger partial charge on any atom is 0.256 e. The molecule has 4 heteroatoms. The monoisotopic (exact) mass is 347 g/mol. The summed E-state index contributed by atoms with van der Waals surface area (Å²) in [5.74, 6) is 0.557. The number of halogens is 1. The van der Waals surface area contributed by atoms with Crippen LogP contribution < -0.4 is 10.1 Å². The SMILES string of the molecule is CCCOc1ccccc1NC(=O)c1cccc(Br)c1C. The predicted molar refractivity (Wildman–Crippen MR) is 89.1 cm³/mol. The summed E-state index contributed by atoms with van der Waals surface area (Å²) in [7, 11) is 0. The van der Waals surface area contributed by atoms with Crippen molar-refractivity contribution in [3.8, 4) is 5.75 Å². The fourth-order valence-corrected chi connectivity index (χ4v) is 2.32. The molecule has 2 aromatic carbocycles. The van der Waals surface area contributed by atoms with E-state index in [0.29, 0.717) is 23.6 Å². The Morgan fingerprint density at radius 3 is 2.71 bits per heavy atom. The van der Waals surface area contributed by atoms with Crippen LogP contribution in [0.3, 0.4) is 0 Å². The molecule has 0 bridgehead atoms. The highest BCUT2D eigenvalue weighted by Gasteiger charge is 2.13. The number of carbonyl (C=O) groups is 1. The smallest absolute Gasteiger partial charge is 0.256 e. The number of amides is 1. The standard InChI is InChI=1S/C17H18BrNO2/c1-3-11-21-16-10-5-4-9-15(16)19-17(20)13-7-6-8-14(18)12(13)2/h4-10H,3,11H2,1-2H3,(H,19,20). The van der Waals surface area contributed by atoms with Gasteiger partial charge in [-0.3, -0.25) is 4.79 Å². The van der Waals surface area contributed by atoms with E-state index in [0.717, 1.165) is 16.5 Å². The van der Waals surface area contributed by atoms with E-state index in [1.165, 1.54) is 0 Å². The van der Waals surface area contributed by atoms with Gasteiger partial charge in [-0.1, -0.05) is 41.1 Å². The summed E-state index contributed by atoms with van der Waals surface area (Å²) in [5.41, 5.74) is 2.26. The number of benzene rings is 2. The minimum absolute atomic E-state index is 0.138. The Morgan fingerprint density at radius 2 is 1.95 bits per heavy atom. The first kappa shape index (κ1) is 15.6. The first-order chi connectivity index (χ1) is 10.1. The molecule has 0 heterocycles. The highest BCUT2D eigenvalue weighted by atomic mass is 79.9. The Labute approximate surface area is 133 Å². The summed E-state index contributed by atoms with van der Waals surface area (Å²) in [6.07, 6.45) is 0.924. The Morgan fingerprint density at radius 1 is 1.19 bits per heavy atom. The van der Waals surface area contributed by atoms with Gasteiger partial charge in [0, 0.05) is 10.0 Å². The molecule has 0 fully saturated rings. The molecule has 0 spiro atoms. The fourth-order valence-electron chi connectivity index (χ4n) is 1.95. The van der Waals surface area contributed by atoms with Crippen LogP contribution in [0.15, 0.2) is 46.9 Å². The average molecular weight is 348 g/mol.